The molecule has 1 aliphatic heterocycles. The van der Waals surface area contributed by atoms with Crippen molar-refractivity contribution in [1.29, 1.82) is 0 Å². The number of aliphatic hydroxyl groups excluding tert-OH is 1. The zero-order valence-electron chi connectivity index (χ0n) is 27.6. The predicted molar refractivity (Wildman–Crippen MR) is 175 cm³/mol. The molecule has 1 heterocycles. The van der Waals surface area contributed by atoms with E-state index in [0.29, 0.717) is 25.3 Å². The number of hydrogen-bond donors (Lipinski definition) is 3. The second-order valence-corrected chi connectivity index (χ2v) is 14.1. The Balaban J connectivity index is 1.98. The molecule has 3 rings (SSSR count). The van der Waals surface area contributed by atoms with Crippen LogP contribution in [0.2, 0.25) is 0 Å². The quantitative estimate of drug-likeness (QED) is 0.380. The van der Waals surface area contributed by atoms with Crippen LogP contribution in [0.25, 0.3) is 0 Å². The van der Waals surface area contributed by atoms with E-state index in [1.54, 1.807) is 48.0 Å². The summed E-state index contributed by atoms with van der Waals surface area (Å²) in [5, 5.41) is 13.1. The van der Waals surface area contributed by atoms with Gasteiger partial charge in [0, 0.05) is 44.4 Å². The zero-order valence-corrected chi connectivity index (χ0v) is 28.4. The van der Waals surface area contributed by atoms with Crippen LogP contribution in [-0.4, -0.2) is 92.9 Å². The van der Waals surface area contributed by atoms with Gasteiger partial charge in [-0.05, 0) is 84.2 Å². The lowest BCUT2D eigenvalue weighted by Gasteiger charge is -2.36. The summed E-state index contributed by atoms with van der Waals surface area (Å²) < 4.78 is 41.5. The molecule has 11 nitrogen and oxygen atoms in total. The molecule has 12 heteroatoms. The number of benzene rings is 2. The smallest absolute Gasteiger partial charge is 0.317 e. The van der Waals surface area contributed by atoms with E-state index in [0.717, 1.165) is 18.4 Å². The minimum Gasteiger partial charge on any atom is -0.490 e. The van der Waals surface area contributed by atoms with Crippen molar-refractivity contribution in [3.05, 3.63) is 53.6 Å². The molecular weight excluding hydrogens is 596 g/mol. The number of likely N-dealkylation sites (N-methyl/N-ethyl adjacent to an activating group) is 1. The largest absolute Gasteiger partial charge is 0.490 e. The Morgan fingerprint density at radius 1 is 1.11 bits per heavy atom. The highest BCUT2D eigenvalue weighted by Crippen LogP contribution is 2.29. The molecule has 3 amide bonds. The third-order valence-electron chi connectivity index (χ3n) is 7.85. The number of carbonyl (C=O) groups excluding carboxylic acids is 2. The minimum atomic E-state index is -3.92. The van der Waals surface area contributed by atoms with Crippen molar-refractivity contribution < 1.29 is 32.6 Å². The van der Waals surface area contributed by atoms with Crippen LogP contribution in [0, 0.1) is 12.8 Å². The topological polar surface area (TPSA) is 138 Å². The number of rotatable bonds is 8. The summed E-state index contributed by atoms with van der Waals surface area (Å²) in [7, 11) is -2.21. The van der Waals surface area contributed by atoms with Crippen LogP contribution in [0.15, 0.2) is 47.4 Å². The molecule has 45 heavy (non-hydrogen) atoms. The van der Waals surface area contributed by atoms with Crippen molar-refractivity contribution in [2.75, 3.05) is 38.1 Å². The highest BCUT2D eigenvalue weighted by atomic mass is 32.2. The number of nitrogens with zero attached hydrogens (tertiary/aromatic N) is 2. The Bertz CT molecular complexity index is 1380. The van der Waals surface area contributed by atoms with E-state index in [-0.39, 0.29) is 59.5 Å². The van der Waals surface area contributed by atoms with Crippen molar-refractivity contribution in [1.82, 2.24) is 15.1 Å². The molecule has 0 saturated carbocycles. The molecule has 0 unspecified atom stereocenters. The number of nitrogens with one attached hydrogen (secondary N) is 2. The molecule has 2 aromatic rings. The first-order chi connectivity index (χ1) is 21.2. The first-order valence-electron chi connectivity index (χ1n) is 15.7. The van der Waals surface area contributed by atoms with E-state index in [4.69, 9.17) is 9.47 Å². The Hall–Kier alpha value is -3.35. The van der Waals surface area contributed by atoms with Gasteiger partial charge in [0.05, 0.1) is 35.3 Å². The number of aryl methyl sites for hydroxylation is 1. The Morgan fingerprint density at radius 2 is 1.80 bits per heavy atom. The maximum atomic E-state index is 14.3. The number of ether oxygens (including phenoxy) is 2. The van der Waals surface area contributed by atoms with Crippen molar-refractivity contribution in [2.24, 2.45) is 5.92 Å². The van der Waals surface area contributed by atoms with Gasteiger partial charge >= 0.3 is 6.03 Å². The van der Waals surface area contributed by atoms with Gasteiger partial charge in [-0.1, -0.05) is 24.6 Å². The van der Waals surface area contributed by atoms with Crippen molar-refractivity contribution in [2.45, 2.75) is 90.0 Å². The van der Waals surface area contributed by atoms with E-state index in [9.17, 15) is 23.1 Å². The molecule has 0 fully saturated rings. The summed E-state index contributed by atoms with van der Waals surface area (Å²) in [5.41, 5.74) is 1.33. The molecule has 250 valence electrons. The number of sulfonamides is 1. The first-order valence-corrected chi connectivity index (χ1v) is 17.1. The van der Waals surface area contributed by atoms with Crippen molar-refractivity contribution in [3.63, 3.8) is 0 Å². The van der Waals surface area contributed by atoms with Gasteiger partial charge < -0.3 is 29.7 Å². The Kier molecular flexibility index (Phi) is 13.1. The lowest BCUT2D eigenvalue weighted by Crippen LogP contribution is -2.49. The standard InChI is InChI=1S/C33H50N4O7S/c1-22(2)34-33(40)36(7)20-31-24(4)19-37(25(5)21-38)32(39)29-18-27(35-45(41,42)28-14-11-23(3)12-15-28)13-16-30(29)44-26(6)10-8-9-17-43-31/h11-16,18,22,24-26,31,35,38H,8-10,17,19-21H2,1-7H3,(H,34,40)/t24-,25-,26+,31+/m0/s1. The number of anilines is 1. The number of aliphatic hydroxyl groups is 1. The van der Waals surface area contributed by atoms with Gasteiger partial charge in [0.2, 0.25) is 0 Å². The van der Waals surface area contributed by atoms with Crippen LogP contribution in [0.1, 0.15) is 69.8 Å². The fourth-order valence-electron chi connectivity index (χ4n) is 5.09. The predicted octanol–water partition coefficient (Wildman–Crippen LogP) is 4.64. The molecular formula is C33H50N4O7S. The lowest BCUT2D eigenvalue weighted by atomic mass is 10.0. The number of hydrogen-bond acceptors (Lipinski definition) is 7. The molecule has 1 aliphatic rings. The Labute approximate surface area is 268 Å². The monoisotopic (exact) mass is 646 g/mol. The maximum absolute atomic E-state index is 14.3. The van der Waals surface area contributed by atoms with E-state index in [2.05, 4.69) is 10.0 Å². The van der Waals surface area contributed by atoms with Crippen LogP contribution in [0.4, 0.5) is 10.5 Å². The second kappa shape index (κ2) is 16.3. The van der Waals surface area contributed by atoms with Gasteiger partial charge in [-0.25, -0.2) is 13.2 Å². The molecule has 0 aromatic heterocycles. The Morgan fingerprint density at radius 3 is 2.44 bits per heavy atom. The first kappa shape index (κ1) is 36.1. The summed E-state index contributed by atoms with van der Waals surface area (Å²) in [5.74, 6) is -0.293. The van der Waals surface area contributed by atoms with Gasteiger partial charge in [-0.2, -0.15) is 0 Å². The van der Waals surface area contributed by atoms with Crippen LogP contribution in [0.3, 0.4) is 0 Å². The van der Waals surface area contributed by atoms with Crippen LogP contribution in [0.5, 0.6) is 5.75 Å². The van der Waals surface area contributed by atoms with Gasteiger partial charge in [0.15, 0.2) is 0 Å². The number of fused-ring (bicyclic) bond motifs is 1. The third kappa shape index (κ3) is 10.3. The van der Waals surface area contributed by atoms with Gasteiger partial charge in [0.1, 0.15) is 5.75 Å². The van der Waals surface area contributed by atoms with E-state index in [1.807, 2.05) is 34.6 Å². The summed E-state index contributed by atoms with van der Waals surface area (Å²) in [4.78, 5) is 30.2. The summed E-state index contributed by atoms with van der Waals surface area (Å²) in [6, 6.07) is 10.4. The van der Waals surface area contributed by atoms with Crippen molar-refractivity contribution >= 4 is 27.6 Å². The minimum absolute atomic E-state index is 0.0173. The highest BCUT2D eigenvalue weighted by molar-refractivity contribution is 7.92. The normalized spacial score (nSPS) is 20.9. The number of urea groups is 1. The molecule has 0 radical (unpaired) electrons. The van der Waals surface area contributed by atoms with Gasteiger partial charge in [0.25, 0.3) is 15.9 Å². The molecule has 3 N–H and O–H groups in total. The summed E-state index contributed by atoms with van der Waals surface area (Å²) in [6.07, 6.45) is 1.74. The second-order valence-electron chi connectivity index (χ2n) is 12.4. The third-order valence-corrected chi connectivity index (χ3v) is 9.24. The van der Waals surface area contributed by atoms with E-state index < -0.39 is 22.0 Å². The highest BCUT2D eigenvalue weighted by Gasteiger charge is 2.31. The van der Waals surface area contributed by atoms with Crippen LogP contribution >= 0.6 is 0 Å². The van der Waals surface area contributed by atoms with Crippen molar-refractivity contribution in [3.8, 4) is 5.75 Å². The van der Waals surface area contributed by atoms with Gasteiger partial charge in [-0.3, -0.25) is 9.52 Å². The zero-order chi connectivity index (χ0) is 33.3. The SMILES string of the molecule is Cc1ccc(S(=O)(=O)Nc2ccc3c(c2)C(=O)N([C@@H](C)CO)C[C@H](C)[C@@H](CN(C)C(=O)NC(C)C)OCCCC[C@@H](C)O3)cc1. The lowest BCUT2D eigenvalue weighted by molar-refractivity contribution is -0.0122. The number of amides is 3. The molecule has 0 saturated heterocycles. The molecule has 2 aromatic carbocycles. The molecule has 0 aliphatic carbocycles. The molecule has 0 bridgehead atoms. The summed E-state index contributed by atoms with van der Waals surface area (Å²) >= 11 is 0. The fraction of sp³-hybridized carbons (Fsp3) is 0.576. The summed E-state index contributed by atoms with van der Waals surface area (Å²) in [6.45, 7) is 12.0. The molecule has 4 atom stereocenters. The number of carbonyl (C=O) groups is 2. The average Bonchev–Trinajstić information content (AvgIpc) is 2.98. The van der Waals surface area contributed by atoms with Crippen LogP contribution < -0.4 is 14.8 Å². The van der Waals surface area contributed by atoms with E-state index in [1.165, 1.54) is 18.2 Å². The molecule has 0 spiro atoms. The maximum Gasteiger partial charge on any atom is 0.317 e. The van der Waals surface area contributed by atoms with E-state index >= 15 is 0 Å². The average molecular weight is 647 g/mol. The van der Waals surface area contributed by atoms with Crippen LogP contribution in [-0.2, 0) is 14.8 Å². The fourth-order valence-corrected chi connectivity index (χ4v) is 6.14. The van der Waals surface area contributed by atoms with Gasteiger partial charge in [-0.15, -0.1) is 0 Å².